The summed E-state index contributed by atoms with van der Waals surface area (Å²) in [5, 5.41) is 4.91. The summed E-state index contributed by atoms with van der Waals surface area (Å²) in [6, 6.07) is 8.29. The van der Waals surface area contributed by atoms with Crippen LogP contribution in [0.25, 0.3) is 6.08 Å². The van der Waals surface area contributed by atoms with Crippen molar-refractivity contribution in [1.29, 1.82) is 0 Å². The molecule has 1 heterocycles. The van der Waals surface area contributed by atoms with Gasteiger partial charge in [-0.3, -0.25) is 9.71 Å². The van der Waals surface area contributed by atoms with E-state index in [9.17, 15) is 8.42 Å². The van der Waals surface area contributed by atoms with Crippen molar-refractivity contribution in [2.45, 2.75) is 6.42 Å². The number of nitrogens with one attached hydrogen (secondary N) is 1. The Hall–Kier alpha value is -2.38. The van der Waals surface area contributed by atoms with Crippen LogP contribution in [0.4, 0.5) is 5.69 Å². The lowest BCUT2D eigenvalue weighted by molar-refractivity contribution is 0.480. The molecule has 0 aliphatic heterocycles. The minimum atomic E-state index is -3.77. The van der Waals surface area contributed by atoms with Crippen LogP contribution in [0, 0.1) is 0 Å². The number of pyridine rings is 1. The maximum Gasteiger partial charge on any atom is 0.296 e. The molecule has 0 unspecified atom stereocenters. The monoisotopic (exact) mass is 303 g/mol. The Morgan fingerprint density at radius 1 is 1.19 bits per heavy atom. The number of anilines is 1. The first-order valence-electron chi connectivity index (χ1n) is 6.24. The molecule has 1 aliphatic carbocycles. The summed E-state index contributed by atoms with van der Waals surface area (Å²) in [6.07, 6.45) is 6.53. The van der Waals surface area contributed by atoms with Gasteiger partial charge in [-0.15, -0.1) is 0 Å². The van der Waals surface area contributed by atoms with Gasteiger partial charge < -0.3 is 4.74 Å². The van der Waals surface area contributed by atoms with Gasteiger partial charge >= 0.3 is 0 Å². The summed E-state index contributed by atoms with van der Waals surface area (Å²) >= 11 is 0. The first-order chi connectivity index (χ1) is 10.0. The van der Waals surface area contributed by atoms with Gasteiger partial charge in [0.05, 0.1) is 5.69 Å². The molecule has 0 atom stereocenters. The largest absolute Gasteiger partial charge is 0.457 e. The van der Waals surface area contributed by atoms with E-state index in [1.807, 2.05) is 12.2 Å². The number of rotatable bonds is 4. The minimum absolute atomic E-state index is 0.379. The zero-order valence-corrected chi connectivity index (χ0v) is 11.8. The van der Waals surface area contributed by atoms with Crippen LogP contribution >= 0.6 is 0 Å². The van der Waals surface area contributed by atoms with Gasteiger partial charge in [0.1, 0.15) is 11.5 Å². The Labute approximate surface area is 122 Å². The summed E-state index contributed by atoms with van der Waals surface area (Å²) in [5.74, 6) is 1.32. The second-order valence-corrected chi connectivity index (χ2v) is 5.84. The molecule has 0 amide bonds. The molecule has 0 saturated carbocycles. The highest BCUT2D eigenvalue weighted by Crippen LogP contribution is 2.31. The van der Waals surface area contributed by atoms with E-state index in [2.05, 4.69) is 9.71 Å². The van der Waals surface area contributed by atoms with Crippen molar-refractivity contribution in [3.05, 3.63) is 53.9 Å². The van der Waals surface area contributed by atoms with Crippen LogP contribution in [-0.4, -0.2) is 13.4 Å². The van der Waals surface area contributed by atoms with Crippen molar-refractivity contribution in [3.8, 4) is 11.5 Å². The van der Waals surface area contributed by atoms with Gasteiger partial charge in [-0.05, 0) is 30.3 Å². The number of fused-ring (bicyclic) bond motifs is 1. The van der Waals surface area contributed by atoms with Gasteiger partial charge in [-0.1, -0.05) is 12.2 Å². The fourth-order valence-electron chi connectivity index (χ4n) is 2.10. The van der Waals surface area contributed by atoms with E-state index >= 15 is 0 Å². The average molecular weight is 303 g/mol. The Morgan fingerprint density at radius 3 is 2.67 bits per heavy atom. The van der Waals surface area contributed by atoms with E-state index in [1.54, 1.807) is 36.5 Å². The maximum atomic E-state index is 10.9. The van der Waals surface area contributed by atoms with Crippen LogP contribution in [-0.2, 0) is 16.6 Å². The summed E-state index contributed by atoms with van der Waals surface area (Å²) in [4.78, 5) is 4.28. The van der Waals surface area contributed by atoms with Gasteiger partial charge in [0.25, 0.3) is 10.2 Å². The SMILES string of the molecule is NS(=O)(=O)Nc1ccc(Oc2ccnc3c2C=CC3)cc1. The Balaban J connectivity index is 1.80. The maximum absolute atomic E-state index is 10.9. The smallest absolute Gasteiger partial charge is 0.296 e. The normalized spacial score (nSPS) is 13.0. The van der Waals surface area contributed by atoms with Crippen LogP contribution in [0.5, 0.6) is 11.5 Å². The fourth-order valence-corrected chi connectivity index (χ4v) is 2.56. The predicted octanol–water partition coefficient (Wildman–Crippen LogP) is 2.06. The van der Waals surface area contributed by atoms with E-state index in [4.69, 9.17) is 9.88 Å². The van der Waals surface area contributed by atoms with Crippen LogP contribution in [0.1, 0.15) is 11.3 Å². The van der Waals surface area contributed by atoms with E-state index in [0.29, 0.717) is 11.4 Å². The van der Waals surface area contributed by atoms with Gasteiger partial charge in [-0.2, -0.15) is 8.42 Å². The Bertz CT molecular complexity index is 799. The number of aromatic nitrogens is 1. The number of allylic oxidation sites excluding steroid dienone is 1. The lowest BCUT2D eigenvalue weighted by Gasteiger charge is -2.10. The van der Waals surface area contributed by atoms with Gasteiger partial charge in [0.2, 0.25) is 0 Å². The summed E-state index contributed by atoms with van der Waals surface area (Å²) in [5.41, 5.74) is 2.34. The van der Waals surface area contributed by atoms with E-state index in [1.165, 1.54) is 0 Å². The molecule has 0 radical (unpaired) electrons. The van der Waals surface area contributed by atoms with Crippen molar-refractivity contribution in [2.24, 2.45) is 5.14 Å². The third-order valence-corrected chi connectivity index (χ3v) is 3.49. The minimum Gasteiger partial charge on any atom is -0.457 e. The Kier molecular flexibility index (Phi) is 3.36. The summed E-state index contributed by atoms with van der Waals surface area (Å²) < 4.78 is 29.8. The topological polar surface area (TPSA) is 94.3 Å². The third-order valence-electron chi connectivity index (χ3n) is 2.97. The number of nitrogens with zero attached hydrogens (tertiary/aromatic N) is 1. The summed E-state index contributed by atoms with van der Waals surface area (Å²) in [7, 11) is -3.77. The van der Waals surface area contributed by atoms with Crippen molar-refractivity contribution in [3.63, 3.8) is 0 Å². The van der Waals surface area contributed by atoms with Crippen molar-refractivity contribution in [2.75, 3.05) is 4.72 Å². The molecule has 6 nitrogen and oxygen atoms in total. The number of hydrogen-bond acceptors (Lipinski definition) is 4. The number of nitrogens with two attached hydrogens (primary N) is 1. The number of benzene rings is 1. The quantitative estimate of drug-likeness (QED) is 0.904. The molecule has 3 N–H and O–H groups in total. The fraction of sp³-hybridized carbons (Fsp3) is 0.0714. The van der Waals surface area contributed by atoms with E-state index in [-0.39, 0.29) is 0 Å². The first-order valence-corrected chi connectivity index (χ1v) is 7.79. The molecule has 2 aromatic rings. The second kappa shape index (κ2) is 5.19. The van der Waals surface area contributed by atoms with E-state index < -0.39 is 10.2 Å². The predicted molar refractivity (Wildman–Crippen MR) is 80.2 cm³/mol. The second-order valence-electron chi connectivity index (χ2n) is 4.55. The molecule has 0 bridgehead atoms. The molecule has 21 heavy (non-hydrogen) atoms. The van der Waals surface area contributed by atoms with Crippen LogP contribution in [0.2, 0.25) is 0 Å². The number of ether oxygens (including phenoxy) is 1. The molecular formula is C14H13N3O3S. The zero-order valence-electron chi connectivity index (χ0n) is 11.0. The van der Waals surface area contributed by atoms with Gasteiger partial charge in [0, 0.05) is 23.9 Å². The highest BCUT2D eigenvalue weighted by Gasteiger charge is 2.12. The molecule has 3 rings (SSSR count). The molecule has 7 heteroatoms. The van der Waals surface area contributed by atoms with Gasteiger partial charge in [0.15, 0.2) is 0 Å². The standard InChI is InChI=1S/C14H13N3O3S/c15-21(18,19)17-10-4-6-11(7-5-10)20-14-8-9-16-13-3-1-2-12(13)14/h1-2,4-9,17H,3H2,(H2,15,18,19). The zero-order chi connectivity index (χ0) is 14.9. The highest BCUT2D eigenvalue weighted by atomic mass is 32.2. The lowest BCUT2D eigenvalue weighted by Crippen LogP contribution is -2.21. The van der Waals surface area contributed by atoms with Crippen LogP contribution in [0.15, 0.2) is 42.6 Å². The van der Waals surface area contributed by atoms with Crippen molar-refractivity contribution >= 4 is 22.0 Å². The average Bonchev–Trinajstić information content (AvgIpc) is 2.89. The van der Waals surface area contributed by atoms with Crippen LogP contribution < -0.4 is 14.6 Å². The lowest BCUT2D eigenvalue weighted by atomic mass is 10.2. The molecule has 0 saturated heterocycles. The molecule has 1 aromatic carbocycles. The van der Waals surface area contributed by atoms with Crippen molar-refractivity contribution < 1.29 is 13.2 Å². The third kappa shape index (κ3) is 3.21. The number of hydrogen-bond donors (Lipinski definition) is 2. The molecule has 1 aliphatic rings. The summed E-state index contributed by atoms with van der Waals surface area (Å²) in [6.45, 7) is 0. The molecule has 108 valence electrons. The molecular weight excluding hydrogens is 290 g/mol. The molecule has 0 spiro atoms. The first kappa shape index (κ1) is 13.6. The van der Waals surface area contributed by atoms with Crippen molar-refractivity contribution in [1.82, 2.24) is 4.98 Å². The van der Waals surface area contributed by atoms with E-state index in [0.717, 1.165) is 23.4 Å². The van der Waals surface area contributed by atoms with Crippen LogP contribution in [0.3, 0.4) is 0 Å². The Morgan fingerprint density at radius 2 is 1.95 bits per heavy atom. The van der Waals surface area contributed by atoms with Gasteiger partial charge in [-0.25, -0.2) is 5.14 Å². The highest BCUT2D eigenvalue weighted by molar-refractivity contribution is 7.90. The molecule has 1 aromatic heterocycles. The molecule has 0 fully saturated rings.